The van der Waals surface area contributed by atoms with E-state index in [1.807, 2.05) is 11.8 Å². The Labute approximate surface area is 251 Å². The number of benzene rings is 1. The molecular formula is C30H41ClN4O5S. The molecule has 0 bridgehead atoms. The monoisotopic (exact) mass is 604 g/mol. The number of hydrogen-bond acceptors (Lipinski definition) is 6. The third-order valence-corrected chi connectivity index (χ3v) is 9.18. The number of aliphatic hydroxyl groups excluding tert-OH is 1. The quantitative estimate of drug-likeness (QED) is 0.149. The van der Waals surface area contributed by atoms with Crippen molar-refractivity contribution in [3.8, 4) is 0 Å². The number of halogens is 1. The minimum Gasteiger partial charge on any atom is -0.383 e. The number of carbonyl (C=O) groups is 4. The van der Waals surface area contributed by atoms with Crippen molar-refractivity contribution in [3.05, 3.63) is 57.6 Å². The number of carbonyl (C=O) groups excluding carboxylic acids is 4. The molecular weight excluding hydrogens is 564 g/mol. The molecule has 224 valence electrons. The molecule has 9 nitrogen and oxygen atoms in total. The van der Waals surface area contributed by atoms with E-state index in [-0.39, 0.29) is 34.2 Å². The fraction of sp³-hybridized carbons (Fsp3) is 0.533. The molecule has 3 atom stereocenters. The van der Waals surface area contributed by atoms with Crippen molar-refractivity contribution in [1.82, 2.24) is 16.0 Å². The molecule has 1 saturated heterocycles. The van der Waals surface area contributed by atoms with Gasteiger partial charge in [0.15, 0.2) is 5.78 Å². The molecule has 11 heteroatoms. The summed E-state index contributed by atoms with van der Waals surface area (Å²) in [5.74, 6) is 0.375. The average molecular weight is 605 g/mol. The number of amides is 4. The summed E-state index contributed by atoms with van der Waals surface area (Å²) in [7, 11) is 0. The second-order valence-corrected chi connectivity index (χ2v) is 12.3. The largest absolute Gasteiger partial charge is 0.383 e. The third-order valence-electron chi connectivity index (χ3n) is 7.28. The lowest BCUT2D eigenvalue weighted by atomic mass is 9.87. The van der Waals surface area contributed by atoms with Crippen molar-refractivity contribution >= 4 is 47.0 Å². The molecule has 1 aromatic carbocycles. The van der Waals surface area contributed by atoms with Crippen LogP contribution in [-0.2, 0) is 9.59 Å². The van der Waals surface area contributed by atoms with Gasteiger partial charge < -0.3 is 26.8 Å². The molecule has 0 aromatic heterocycles. The van der Waals surface area contributed by atoms with E-state index < -0.39 is 12.1 Å². The van der Waals surface area contributed by atoms with Crippen molar-refractivity contribution in [2.45, 2.75) is 82.1 Å². The van der Waals surface area contributed by atoms with Crippen LogP contribution in [0.15, 0.2) is 46.5 Å². The van der Waals surface area contributed by atoms with Gasteiger partial charge in [0, 0.05) is 53.3 Å². The summed E-state index contributed by atoms with van der Waals surface area (Å²) >= 11 is 8.14. The van der Waals surface area contributed by atoms with Crippen LogP contribution in [0.5, 0.6) is 0 Å². The highest BCUT2D eigenvalue weighted by Crippen LogP contribution is 2.37. The normalized spacial score (nSPS) is 20.5. The number of nitrogens with one attached hydrogen (secondary N) is 3. The third kappa shape index (κ3) is 10.2. The Morgan fingerprint density at radius 3 is 2.51 bits per heavy atom. The maximum Gasteiger partial charge on any atom is 0.312 e. The predicted molar refractivity (Wildman–Crippen MR) is 163 cm³/mol. The van der Waals surface area contributed by atoms with Gasteiger partial charge in [-0.2, -0.15) is 11.8 Å². The van der Waals surface area contributed by atoms with E-state index in [0.717, 1.165) is 57.1 Å². The van der Waals surface area contributed by atoms with Crippen molar-refractivity contribution in [2.75, 3.05) is 18.8 Å². The Morgan fingerprint density at radius 2 is 1.78 bits per heavy atom. The number of nitrogens with two attached hydrogens (primary N) is 1. The Morgan fingerprint density at radius 1 is 1.07 bits per heavy atom. The van der Waals surface area contributed by atoms with Crippen LogP contribution >= 0.6 is 23.4 Å². The molecule has 3 rings (SSSR count). The van der Waals surface area contributed by atoms with E-state index in [9.17, 15) is 24.3 Å². The fourth-order valence-electron chi connectivity index (χ4n) is 5.02. The molecule has 2 unspecified atom stereocenters. The van der Waals surface area contributed by atoms with Crippen molar-refractivity contribution in [2.24, 2.45) is 5.73 Å². The number of urea groups is 1. The van der Waals surface area contributed by atoms with E-state index in [2.05, 4.69) is 16.0 Å². The highest BCUT2D eigenvalue weighted by atomic mass is 35.5. The zero-order chi connectivity index (χ0) is 29.8. The number of hydrogen-bond donors (Lipinski definition) is 5. The van der Waals surface area contributed by atoms with Gasteiger partial charge in [-0.25, -0.2) is 4.79 Å². The first-order chi connectivity index (χ1) is 19.7. The zero-order valence-electron chi connectivity index (χ0n) is 23.5. The lowest BCUT2D eigenvalue weighted by Crippen LogP contribution is -2.38. The van der Waals surface area contributed by atoms with Gasteiger partial charge in [-0.1, -0.05) is 55.1 Å². The van der Waals surface area contributed by atoms with Gasteiger partial charge in [-0.15, -0.1) is 0 Å². The second-order valence-electron chi connectivity index (χ2n) is 10.6. The summed E-state index contributed by atoms with van der Waals surface area (Å²) in [4.78, 5) is 48.4. The number of aliphatic hydroxyl groups is 1. The Balaban J connectivity index is 1.22. The summed E-state index contributed by atoms with van der Waals surface area (Å²) in [5, 5.41) is 19.6. The number of Topliss-reactive ketones (excluding diaryl/α,β-unsaturated/α-hetero) is 1. The second kappa shape index (κ2) is 16.6. The Bertz CT molecular complexity index is 1170. The number of primary amides is 1. The Kier molecular flexibility index (Phi) is 13.2. The first-order valence-corrected chi connectivity index (χ1v) is 15.7. The van der Waals surface area contributed by atoms with Gasteiger partial charge in [-0.3, -0.25) is 14.4 Å². The molecule has 41 heavy (non-hydrogen) atoms. The lowest BCUT2D eigenvalue weighted by molar-refractivity contribution is -0.121. The number of ketones is 1. The molecule has 0 saturated carbocycles. The molecule has 1 heterocycles. The molecule has 0 spiro atoms. The van der Waals surface area contributed by atoms with Crippen LogP contribution in [0.1, 0.15) is 86.7 Å². The van der Waals surface area contributed by atoms with Crippen molar-refractivity contribution in [1.29, 1.82) is 0 Å². The van der Waals surface area contributed by atoms with Crippen LogP contribution in [-0.4, -0.2) is 58.9 Å². The van der Waals surface area contributed by atoms with Crippen LogP contribution in [0, 0.1) is 0 Å². The maximum absolute atomic E-state index is 12.8. The van der Waals surface area contributed by atoms with E-state index in [4.69, 9.17) is 17.3 Å². The standard InChI is InChI=1S/C30H41ClN4O5S/c1-19(16-24-26(31)28(38)23-12-6-5-11-22(23)27(24)37)29(39)34-15-9-3-2-8-14-33-25(36)13-7-4-10-21-17-20(18-41-21)35-30(32)40/h5-6,11-12,16,20-21,28,38H,2-4,7-10,13-15,17-18H2,1H3,(H,33,36)(H,34,39)(H3,32,35,40)/b19-16+/t20?,21-,28?/m0/s1. The molecule has 2 aliphatic rings. The van der Waals surface area contributed by atoms with Crippen molar-refractivity contribution < 1.29 is 24.3 Å². The van der Waals surface area contributed by atoms with Gasteiger partial charge >= 0.3 is 6.03 Å². The van der Waals surface area contributed by atoms with Crippen LogP contribution in [0.4, 0.5) is 4.79 Å². The maximum atomic E-state index is 12.8. The molecule has 1 aromatic rings. The van der Waals surface area contributed by atoms with Crippen molar-refractivity contribution in [3.63, 3.8) is 0 Å². The molecule has 1 fully saturated rings. The zero-order valence-corrected chi connectivity index (χ0v) is 25.1. The van der Waals surface area contributed by atoms with Gasteiger partial charge in [0.25, 0.3) is 0 Å². The van der Waals surface area contributed by atoms with Crippen LogP contribution in [0.2, 0.25) is 0 Å². The van der Waals surface area contributed by atoms with Gasteiger partial charge in [0.1, 0.15) is 6.10 Å². The van der Waals surface area contributed by atoms with E-state index in [1.165, 1.54) is 6.08 Å². The van der Waals surface area contributed by atoms with E-state index >= 15 is 0 Å². The summed E-state index contributed by atoms with van der Waals surface area (Å²) < 4.78 is 0. The lowest BCUT2D eigenvalue weighted by Gasteiger charge is -2.22. The number of fused-ring (bicyclic) bond motifs is 1. The van der Waals surface area contributed by atoms with Crippen LogP contribution in [0.3, 0.4) is 0 Å². The summed E-state index contributed by atoms with van der Waals surface area (Å²) in [6.45, 7) is 2.76. The highest BCUT2D eigenvalue weighted by Gasteiger charge is 2.30. The average Bonchev–Trinajstić information content (AvgIpc) is 3.39. The number of unbranched alkanes of at least 4 members (excludes halogenated alkanes) is 4. The molecule has 4 amide bonds. The van der Waals surface area contributed by atoms with Gasteiger partial charge in [0.05, 0.1) is 5.03 Å². The van der Waals surface area contributed by atoms with E-state index in [1.54, 1.807) is 31.2 Å². The summed E-state index contributed by atoms with van der Waals surface area (Å²) in [5.41, 5.74) is 6.50. The SMILES string of the molecule is C/C(=C\C1=C(Cl)C(O)c2ccccc2C1=O)C(=O)NCCCCCCNC(=O)CCCC[C@H]1CC(NC(N)=O)CS1. The number of allylic oxidation sites excluding steroid dienone is 2. The van der Waals surface area contributed by atoms with E-state index in [0.29, 0.717) is 41.5 Å². The first-order valence-electron chi connectivity index (χ1n) is 14.3. The summed E-state index contributed by atoms with van der Waals surface area (Å²) in [6.07, 6.45) is 8.24. The number of thioether (sulfide) groups is 1. The topological polar surface area (TPSA) is 151 Å². The van der Waals surface area contributed by atoms with Crippen LogP contribution < -0.4 is 21.7 Å². The van der Waals surface area contributed by atoms with Crippen LogP contribution in [0.25, 0.3) is 0 Å². The molecule has 0 radical (unpaired) electrons. The predicted octanol–water partition coefficient (Wildman–Crippen LogP) is 4.25. The van der Waals surface area contributed by atoms with Gasteiger partial charge in [-0.05, 0) is 50.7 Å². The Hall–Kier alpha value is -2.82. The highest BCUT2D eigenvalue weighted by molar-refractivity contribution is 8.00. The molecule has 1 aliphatic carbocycles. The minimum atomic E-state index is -1.10. The molecule has 6 N–H and O–H groups in total. The minimum absolute atomic E-state index is 0.0188. The number of rotatable bonds is 15. The summed E-state index contributed by atoms with van der Waals surface area (Å²) in [6, 6.07) is 6.45. The smallest absolute Gasteiger partial charge is 0.312 e. The fourth-order valence-corrected chi connectivity index (χ4v) is 6.71. The first kappa shape index (κ1) is 32.7. The van der Waals surface area contributed by atoms with Gasteiger partial charge in [0.2, 0.25) is 11.8 Å². The molecule has 1 aliphatic heterocycles.